The predicted molar refractivity (Wildman–Crippen MR) is 82.5 cm³/mol. The van der Waals surface area contributed by atoms with Crippen molar-refractivity contribution >= 4 is 37.3 Å². The van der Waals surface area contributed by atoms with Crippen LogP contribution in [-0.4, -0.2) is 14.8 Å². The molecule has 0 unspecified atom stereocenters. The third kappa shape index (κ3) is 4.76. The Kier molecular flexibility index (Phi) is 4.76. The lowest BCUT2D eigenvalue weighted by Gasteiger charge is -2.12. The molecule has 23 heavy (non-hydrogen) atoms. The van der Waals surface area contributed by atoms with Gasteiger partial charge in [-0.15, -0.1) is 13.2 Å². The Morgan fingerprint density at radius 3 is 2.22 bits per heavy atom. The standard InChI is InChI=1S/C13H10BrF3N2O3S/c14-8-1-6-12(11(18)7-8)19-23(20,21)10-4-2-9(3-5-10)22-13(15,16)17/h1-7,19H,18H2. The molecule has 0 radical (unpaired) electrons. The molecule has 0 aliphatic carbocycles. The first-order chi connectivity index (χ1) is 10.6. The number of alkyl halides is 3. The largest absolute Gasteiger partial charge is 0.573 e. The van der Waals surface area contributed by atoms with Gasteiger partial charge >= 0.3 is 6.36 Å². The zero-order valence-corrected chi connectivity index (χ0v) is 13.7. The Hall–Kier alpha value is -1.94. The fourth-order valence-corrected chi connectivity index (χ4v) is 3.12. The van der Waals surface area contributed by atoms with Gasteiger partial charge in [-0.3, -0.25) is 4.72 Å². The smallest absolute Gasteiger partial charge is 0.406 e. The van der Waals surface area contributed by atoms with Crippen molar-refractivity contribution in [3.8, 4) is 5.75 Å². The van der Waals surface area contributed by atoms with Crippen molar-refractivity contribution < 1.29 is 26.3 Å². The molecule has 5 nitrogen and oxygen atoms in total. The maximum Gasteiger partial charge on any atom is 0.573 e. The summed E-state index contributed by atoms with van der Waals surface area (Å²) in [6.07, 6.45) is -4.84. The molecular formula is C13H10BrF3N2O3S. The lowest BCUT2D eigenvalue weighted by atomic mass is 10.3. The quantitative estimate of drug-likeness (QED) is 0.752. The van der Waals surface area contributed by atoms with E-state index in [0.29, 0.717) is 4.47 Å². The fraction of sp³-hybridized carbons (Fsp3) is 0.0769. The minimum atomic E-state index is -4.84. The van der Waals surface area contributed by atoms with Crippen molar-refractivity contribution in [1.29, 1.82) is 0 Å². The molecule has 124 valence electrons. The third-order valence-electron chi connectivity index (χ3n) is 2.63. The van der Waals surface area contributed by atoms with E-state index in [0.717, 1.165) is 24.3 Å². The second-order valence-electron chi connectivity index (χ2n) is 4.36. The van der Waals surface area contributed by atoms with Gasteiger partial charge in [0.05, 0.1) is 16.3 Å². The molecule has 0 aliphatic rings. The van der Waals surface area contributed by atoms with Crippen molar-refractivity contribution in [2.45, 2.75) is 11.3 Å². The van der Waals surface area contributed by atoms with E-state index in [-0.39, 0.29) is 16.3 Å². The van der Waals surface area contributed by atoms with Gasteiger partial charge in [-0.1, -0.05) is 15.9 Å². The number of hydrogen-bond acceptors (Lipinski definition) is 4. The first-order valence-electron chi connectivity index (χ1n) is 6.00. The number of hydrogen-bond donors (Lipinski definition) is 2. The Morgan fingerprint density at radius 1 is 1.09 bits per heavy atom. The highest BCUT2D eigenvalue weighted by Gasteiger charge is 2.31. The number of sulfonamides is 1. The summed E-state index contributed by atoms with van der Waals surface area (Å²) >= 11 is 3.19. The molecule has 0 bridgehead atoms. The molecule has 0 atom stereocenters. The Labute approximate surface area is 138 Å². The monoisotopic (exact) mass is 410 g/mol. The van der Waals surface area contributed by atoms with Gasteiger partial charge in [-0.25, -0.2) is 8.42 Å². The molecule has 3 N–H and O–H groups in total. The van der Waals surface area contributed by atoms with Gasteiger partial charge in [0.15, 0.2) is 0 Å². The highest BCUT2D eigenvalue weighted by atomic mass is 79.9. The van der Waals surface area contributed by atoms with E-state index >= 15 is 0 Å². The summed E-state index contributed by atoms with van der Waals surface area (Å²) in [7, 11) is -3.99. The molecule has 2 aromatic carbocycles. The van der Waals surface area contributed by atoms with E-state index in [1.165, 1.54) is 12.1 Å². The number of rotatable bonds is 4. The molecule has 2 rings (SSSR count). The summed E-state index contributed by atoms with van der Waals surface area (Å²) in [5.74, 6) is -0.514. The van der Waals surface area contributed by atoms with E-state index in [1.54, 1.807) is 6.07 Å². The van der Waals surface area contributed by atoms with Crippen LogP contribution in [0.3, 0.4) is 0 Å². The molecule has 0 aromatic heterocycles. The van der Waals surface area contributed by atoms with Crippen molar-refractivity contribution in [3.05, 3.63) is 46.9 Å². The van der Waals surface area contributed by atoms with Crippen LogP contribution in [0.25, 0.3) is 0 Å². The molecule has 0 saturated carbocycles. The van der Waals surface area contributed by atoms with Crippen LogP contribution in [0.1, 0.15) is 0 Å². The van der Waals surface area contributed by atoms with E-state index in [2.05, 4.69) is 25.4 Å². The van der Waals surface area contributed by atoms with Crippen LogP contribution in [0.2, 0.25) is 0 Å². The highest BCUT2D eigenvalue weighted by Crippen LogP contribution is 2.27. The van der Waals surface area contributed by atoms with E-state index < -0.39 is 22.1 Å². The first kappa shape index (κ1) is 17.4. The van der Waals surface area contributed by atoms with E-state index in [1.807, 2.05) is 0 Å². The average Bonchev–Trinajstić information content (AvgIpc) is 2.41. The summed E-state index contributed by atoms with van der Waals surface area (Å²) in [5, 5.41) is 0. The van der Waals surface area contributed by atoms with Gasteiger partial charge in [-0.2, -0.15) is 0 Å². The van der Waals surface area contributed by atoms with Crippen LogP contribution in [0, 0.1) is 0 Å². The number of nitrogens with two attached hydrogens (primary N) is 1. The fourth-order valence-electron chi connectivity index (χ4n) is 1.65. The van der Waals surface area contributed by atoms with Gasteiger partial charge in [0, 0.05) is 4.47 Å². The summed E-state index contributed by atoms with van der Waals surface area (Å²) in [4.78, 5) is -0.227. The SMILES string of the molecule is Nc1cc(Br)ccc1NS(=O)(=O)c1ccc(OC(F)(F)F)cc1. The predicted octanol–water partition coefficient (Wildman–Crippen LogP) is 3.73. The summed E-state index contributed by atoms with van der Waals surface area (Å²) in [6, 6.07) is 8.38. The summed E-state index contributed by atoms with van der Waals surface area (Å²) in [6.45, 7) is 0. The number of anilines is 2. The summed E-state index contributed by atoms with van der Waals surface area (Å²) in [5.41, 5.74) is 6.05. The number of halogens is 4. The lowest BCUT2D eigenvalue weighted by Crippen LogP contribution is -2.17. The van der Waals surface area contributed by atoms with Gasteiger partial charge < -0.3 is 10.5 Å². The molecule has 0 aliphatic heterocycles. The van der Waals surface area contributed by atoms with Gasteiger partial charge in [0.25, 0.3) is 10.0 Å². The van der Waals surface area contributed by atoms with Gasteiger partial charge in [-0.05, 0) is 42.5 Å². The minimum absolute atomic E-state index is 0.156. The van der Waals surface area contributed by atoms with Gasteiger partial charge in [0.1, 0.15) is 5.75 Å². The summed E-state index contributed by atoms with van der Waals surface area (Å²) < 4.78 is 67.2. The molecule has 2 aromatic rings. The zero-order chi connectivity index (χ0) is 17.3. The number of nitrogen functional groups attached to an aromatic ring is 1. The highest BCUT2D eigenvalue weighted by molar-refractivity contribution is 9.10. The molecule has 0 heterocycles. The Bertz CT molecular complexity index is 808. The van der Waals surface area contributed by atoms with Crippen LogP contribution in [-0.2, 0) is 10.0 Å². The van der Waals surface area contributed by atoms with Crippen molar-refractivity contribution in [3.63, 3.8) is 0 Å². The Morgan fingerprint density at radius 2 is 1.70 bits per heavy atom. The Balaban J connectivity index is 2.22. The lowest BCUT2D eigenvalue weighted by molar-refractivity contribution is -0.274. The van der Waals surface area contributed by atoms with Crippen LogP contribution < -0.4 is 15.2 Å². The molecule has 10 heteroatoms. The minimum Gasteiger partial charge on any atom is -0.406 e. The number of nitrogens with one attached hydrogen (secondary N) is 1. The normalized spacial score (nSPS) is 12.0. The molecule has 0 amide bonds. The van der Waals surface area contributed by atoms with Crippen molar-refractivity contribution in [1.82, 2.24) is 0 Å². The van der Waals surface area contributed by atoms with Crippen LogP contribution in [0.4, 0.5) is 24.5 Å². The van der Waals surface area contributed by atoms with Crippen molar-refractivity contribution in [2.75, 3.05) is 10.5 Å². The number of benzene rings is 2. The van der Waals surface area contributed by atoms with Gasteiger partial charge in [0.2, 0.25) is 0 Å². The molecule has 0 spiro atoms. The molecule has 0 fully saturated rings. The van der Waals surface area contributed by atoms with E-state index in [9.17, 15) is 21.6 Å². The number of ether oxygens (including phenoxy) is 1. The maximum atomic E-state index is 12.2. The maximum absolute atomic E-state index is 12.2. The third-order valence-corrected chi connectivity index (χ3v) is 4.50. The second-order valence-corrected chi connectivity index (χ2v) is 6.95. The topological polar surface area (TPSA) is 81.4 Å². The van der Waals surface area contributed by atoms with Crippen molar-refractivity contribution in [2.24, 2.45) is 0 Å². The molecule has 0 saturated heterocycles. The van der Waals surface area contributed by atoms with E-state index in [4.69, 9.17) is 5.73 Å². The van der Waals surface area contributed by atoms with Crippen LogP contribution >= 0.6 is 15.9 Å². The second kappa shape index (κ2) is 6.28. The van der Waals surface area contributed by atoms with Crippen LogP contribution in [0.5, 0.6) is 5.75 Å². The first-order valence-corrected chi connectivity index (χ1v) is 8.28. The average molecular weight is 411 g/mol. The van der Waals surface area contributed by atoms with Crippen LogP contribution in [0.15, 0.2) is 51.8 Å². The zero-order valence-electron chi connectivity index (χ0n) is 11.3. The molecular weight excluding hydrogens is 401 g/mol.